The lowest BCUT2D eigenvalue weighted by Crippen LogP contribution is -2.50. The Bertz CT molecular complexity index is 1390. The Morgan fingerprint density at radius 2 is 1.52 bits per heavy atom. The van der Waals surface area contributed by atoms with Crippen LogP contribution in [0.4, 0.5) is 4.79 Å². The molecule has 2 N–H and O–H groups in total. The van der Waals surface area contributed by atoms with Gasteiger partial charge in [0.05, 0.1) is 11.3 Å². The number of ether oxygens (including phenoxy) is 1. The molecule has 40 heavy (non-hydrogen) atoms. The van der Waals surface area contributed by atoms with E-state index in [0.29, 0.717) is 10.6 Å². The average molecular weight is 572 g/mol. The maximum Gasteiger partial charge on any atom is 0.344 e. The van der Waals surface area contributed by atoms with E-state index < -0.39 is 46.0 Å². The van der Waals surface area contributed by atoms with Crippen LogP contribution in [-0.4, -0.2) is 85.1 Å². The first-order chi connectivity index (χ1) is 19.0. The van der Waals surface area contributed by atoms with E-state index in [2.05, 4.69) is 10.7 Å². The topological polar surface area (TPSA) is 162 Å². The molecule has 0 bridgehead atoms. The monoisotopic (exact) mass is 571 g/mol. The van der Waals surface area contributed by atoms with E-state index in [-0.39, 0.29) is 49.8 Å². The predicted molar refractivity (Wildman–Crippen MR) is 139 cm³/mol. The summed E-state index contributed by atoms with van der Waals surface area (Å²) in [5.74, 6) is -2.78. The Hall–Kier alpha value is -4.30. The van der Waals surface area contributed by atoms with E-state index >= 15 is 0 Å². The third kappa shape index (κ3) is 6.13. The molecule has 14 heteroatoms. The van der Waals surface area contributed by atoms with Crippen LogP contribution in [0, 0.1) is 0 Å². The number of sulfonamides is 1. The minimum absolute atomic E-state index is 0.125. The highest BCUT2D eigenvalue weighted by molar-refractivity contribution is 7.89. The van der Waals surface area contributed by atoms with Crippen molar-refractivity contribution < 1.29 is 37.1 Å². The smallest absolute Gasteiger partial charge is 0.344 e. The van der Waals surface area contributed by atoms with Crippen LogP contribution >= 0.6 is 0 Å². The van der Waals surface area contributed by atoms with Crippen molar-refractivity contribution in [2.24, 2.45) is 0 Å². The molecule has 2 aromatic carbocycles. The fourth-order valence-electron chi connectivity index (χ4n) is 4.37. The first-order valence-corrected chi connectivity index (χ1v) is 14.0. The largest absolute Gasteiger partial charge is 0.455 e. The van der Waals surface area contributed by atoms with Gasteiger partial charge in [-0.15, -0.1) is 0 Å². The molecular weight excluding hydrogens is 542 g/mol. The van der Waals surface area contributed by atoms with Gasteiger partial charge in [0.1, 0.15) is 5.54 Å². The van der Waals surface area contributed by atoms with Gasteiger partial charge in [0.25, 0.3) is 11.8 Å². The fraction of sp³-hybridized carbons (Fsp3) is 0.346. The number of nitrogens with zero attached hydrogens (tertiary/aromatic N) is 3. The van der Waals surface area contributed by atoms with E-state index in [0.717, 1.165) is 0 Å². The molecule has 212 valence electrons. The first-order valence-electron chi connectivity index (χ1n) is 12.5. The van der Waals surface area contributed by atoms with Crippen LogP contribution in [0.15, 0.2) is 65.6 Å². The molecule has 0 radical (unpaired) electrons. The third-order valence-corrected chi connectivity index (χ3v) is 8.57. The highest BCUT2D eigenvalue weighted by Crippen LogP contribution is 2.27. The van der Waals surface area contributed by atoms with Crippen molar-refractivity contribution in [2.45, 2.75) is 30.2 Å². The van der Waals surface area contributed by atoms with Gasteiger partial charge in [-0.25, -0.2) is 13.2 Å². The number of carbonyl (C=O) groups is 5. The van der Waals surface area contributed by atoms with Crippen LogP contribution in [-0.2, 0) is 39.5 Å². The SMILES string of the molecule is C[C@@]1(c2ccccc2)NC(=O)N(NC(=O)COC(=O)CCC(=O)N2CCN(S(=O)(=O)c3ccccc3)CC2)C1=O. The number of benzene rings is 2. The number of esters is 1. The lowest BCUT2D eigenvalue weighted by Gasteiger charge is -2.34. The number of amides is 5. The van der Waals surface area contributed by atoms with Gasteiger partial charge in [-0.05, 0) is 24.6 Å². The van der Waals surface area contributed by atoms with Crippen LogP contribution in [0.25, 0.3) is 0 Å². The highest BCUT2D eigenvalue weighted by Gasteiger charge is 2.50. The van der Waals surface area contributed by atoms with Gasteiger partial charge >= 0.3 is 12.0 Å². The van der Waals surface area contributed by atoms with Crippen molar-refractivity contribution in [1.29, 1.82) is 0 Å². The van der Waals surface area contributed by atoms with Gasteiger partial charge in [0, 0.05) is 32.6 Å². The zero-order valence-electron chi connectivity index (χ0n) is 21.7. The summed E-state index contributed by atoms with van der Waals surface area (Å²) in [6.07, 6.45) is -0.488. The maximum atomic E-state index is 12.8. The Morgan fingerprint density at radius 3 is 2.15 bits per heavy atom. The summed E-state index contributed by atoms with van der Waals surface area (Å²) in [6.45, 7) is 1.35. The van der Waals surface area contributed by atoms with Gasteiger partial charge in [-0.2, -0.15) is 9.31 Å². The minimum Gasteiger partial charge on any atom is -0.455 e. The summed E-state index contributed by atoms with van der Waals surface area (Å²) in [6, 6.07) is 15.7. The number of piperazine rings is 1. The molecule has 2 fully saturated rings. The molecule has 2 saturated heterocycles. The lowest BCUT2D eigenvalue weighted by atomic mass is 9.92. The summed E-state index contributed by atoms with van der Waals surface area (Å²) in [4.78, 5) is 63.7. The molecule has 0 aliphatic carbocycles. The number of urea groups is 1. The van der Waals surface area contributed by atoms with E-state index in [1.54, 1.807) is 48.5 Å². The average Bonchev–Trinajstić information content (AvgIpc) is 3.19. The normalized spacial score (nSPS) is 19.7. The molecule has 13 nitrogen and oxygen atoms in total. The number of hydrogen-bond acceptors (Lipinski definition) is 8. The summed E-state index contributed by atoms with van der Waals surface area (Å²) in [7, 11) is -3.65. The second-order valence-electron chi connectivity index (χ2n) is 9.36. The van der Waals surface area contributed by atoms with E-state index in [1.807, 2.05) is 0 Å². The molecule has 2 aliphatic heterocycles. The molecule has 2 aliphatic rings. The highest BCUT2D eigenvalue weighted by atomic mass is 32.2. The molecule has 0 unspecified atom stereocenters. The summed E-state index contributed by atoms with van der Waals surface area (Å²) in [5.41, 5.74) is 1.28. The Morgan fingerprint density at radius 1 is 0.925 bits per heavy atom. The number of hydrogen-bond donors (Lipinski definition) is 2. The zero-order chi connectivity index (χ0) is 28.9. The number of nitrogens with one attached hydrogen (secondary N) is 2. The van der Waals surface area contributed by atoms with E-state index in [9.17, 15) is 32.4 Å². The Balaban J connectivity index is 1.18. The van der Waals surface area contributed by atoms with Crippen molar-refractivity contribution in [2.75, 3.05) is 32.8 Å². The summed E-state index contributed by atoms with van der Waals surface area (Å²) in [5, 5.41) is 3.07. The quantitative estimate of drug-likeness (QED) is 0.322. The number of hydrazine groups is 1. The summed E-state index contributed by atoms with van der Waals surface area (Å²) < 4.78 is 31.7. The van der Waals surface area contributed by atoms with Crippen LogP contribution in [0.5, 0.6) is 0 Å². The first kappa shape index (κ1) is 28.7. The van der Waals surface area contributed by atoms with Crippen molar-refractivity contribution in [3.05, 3.63) is 66.2 Å². The van der Waals surface area contributed by atoms with Crippen molar-refractivity contribution in [3.63, 3.8) is 0 Å². The van der Waals surface area contributed by atoms with Crippen LogP contribution in [0.1, 0.15) is 25.3 Å². The van der Waals surface area contributed by atoms with Gasteiger partial charge in [0.15, 0.2) is 6.61 Å². The van der Waals surface area contributed by atoms with Gasteiger partial charge < -0.3 is 15.0 Å². The third-order valence-electron chi connectivity index (χ3n) is 6.66. The second kappa shape index (κ2) is 11.8. The van der Waals surface area contributed by atoms with Crippen molar-refractivity contribution in [1.82, 2.24) is 25.0 Å². The molecule has 2 aromatic rings. The molecule has 0 spiro atoms. The molecular formula is C26H29N5O8S. The molecule has 0 saturated carbocycles. The van der Waals surface area contributed by atoms with Crippen molar-refractivity contribution >= 4 is 39.7 Å². The number of imide groups is 1. The van der Waals surface area contributed by atoms with Gasteiger partial charge in [-0.1, -0.05) is 48.5 Å². The lowest BCUT2D eigenvalue weighted by molar-refractivity contribution is -0.151. The standard InChI is InChI=1S/C26H29N5O8S/c1-26(19-8-4-2-5-9-19)24(35)31(25(36)27-26)28-21(32)18-39-23(34)13-12-22(33)29-14-16-30(17-15-29)40(37,38)20-10-6-3-7-11-20/h2-11H,12-18H2,1H3,(H,27,36)(H,28,32)/t26-/m0/s1. The Labute approximate surface area is 231 Å². The Kier molecular flexibility index (Phi) is 8.49. The maximum absolute atomic E-state index is 12.8. The van der Waals surface area contributed by atoms with E-state index in [4.69, 9.17) is 4.74 Å². The van der Waals surface area contributed by atoms with Crippen LogP contribution in [0.3, 0.4) is 0 Å². The molecule has 5 amide bonds. The summed E-state index contributed by atoms with van der Waals surface area (Å²) >= 11 is 0. The zero-order valence-corrected chi connectivity index (χ0v) is 22.6. The van der Waals surface area contributed by atoms with Crippen LogP contribution < -0.4 is 10.7 Å². The molecule has 1 atom stereocenters. The fourth-order valence-corrected chi connectivity index (χ4v) is 5.81. The van der Waals surface area contributed by atoms with Gasteiger partial charge in [0.2, 0.25) is 15.9 Å². The molecule has 0 aromatic heterocycles. The second-order valence-corrected chi connectivity index (χ2v) is 11.3. The number of carbonyl (C=O) groups excluding carboxylic acids is 5. The molecule has 4 rings (SSSR count). The van der Waals surface area contributed by atoms with Crippen molar-refractivity contribution in [3.8, 4) is 0 Å². The minimum atomic E-state index is -3.65. The number of rotatable bonds is 9. The van der Waals surface area contributed by atoms with Gasteiger partial charge in [-0.3, -0.25) is 24.6 Å². The van der Waals surface area contributed by atoms with E-state index in [1.165, 1.54) is 28.3 Å². The predicted octanol–water partition coefficient (Wildman–Crippen LogP) is 0.341. The van der Waals surface area contributed by atoms with Crippen LogP contribution in [0.2, 0.25) is 0 Å². The molecule has 2 heterocycles.